The van der Waals surface area contributed by atoms with Gasteiger partial charge in [0, 0.05) is 37.5 Å². The highest BCUT2D eigenvalue weighted by atomic mass is 19.4. The summed E-state index contributed by atoms with van der Waals surface area (Å²) in [5, 5.41) is 16.5. The summed E-state index contributed by atoms with van der Waals surface area (Å²) in [6.07, 6.45) is 0.446. The summed E-state index contributed by atoms with van der Waals surface area (Å²) in [4.78, 5) is 31.7. The van der Waals surface area contributed by atoms with Crippen LogP contribution in [0.3, 0.4) is 0 Å². The molecule has 3 N–H and O–H groups in total. The van der Waals surface area contributed by atoms with Crippen molar-refractivity contribution in [3.63, 3.8) is 0 Å². The van der Waals surface area contributed by atoms with Crippen molar-refractivity contribution in [1.29, 1.82) is 0 Å². The number of hydrogen-bond donors (Lipinski definition) is 3. The molecule has 2 heterocycles. The van der Waals surface area contributed by atoms with Gasteiger partial charge in [-0.25, -0.2) is 0 Å². The first-order valence-electron chi connectivity index (χ1n) is 13.3. The van der Waals surface area contributed by atoms with Crippen LogP contribution in [0.1, 0.15) is 60.6 Å². The van der Waals surface area contributed by atoms with Crippen LogP contribution in [0.25, 0.3) is 0 Å². The van der Waals surface area contributed by atoms with E-state index in [4.69, 9.17) is 4.74 Å². The van der Waals surface area contributed by atoms with E-state index in [0.717, 1.165) is 37.5 Å². The van der Waals surface area contributed by atoms with Crippen molar-refractivity contribution in [2.45, 2.75) is 69.0 Å². The van der Waals surface area contributed by atoms with Crippen LogP contribution < -0.4 is 10.6 Å². The zero-order chi connectivity index (χ0) is 28.0. The lowest BCUT2D eigenvalue weighted by Crippen LogP contribution is -2.48. The van der Waals surface area contributed by atoms with Gasteiger partial charge in [0.05, 0.1) is 29.9 Å². The topological polar surface area (TPSA) is 104 Å². The minimum Gasteiger partial charge on any atom is -0.384 e. The van der Waals surface area contributed by atoms with Gasteiger partial charge in [0.15, 0.2) is 0 Å². The average molecular weight is 549 g/mol. The highest BCUT2D eigenvalue weighted by Gasteiger charge is 2.42. The lowest BCUT2D eigenvalue weighted by atomic mass is 9.79. The molecule has 2 amide bonds. The molecular formula is C28H35F3N4O4. The summed E-state index contributed by atoms with van der Waals surface area (Å²) >= 11 is 0. The van der Waals surface area contributed by atoms with Gasteiger partial charge in [-0.15, -0.1) is 0 Å². The number of likely N-dealkylation sites (tertiary alicyclic amines) is 1. The lowest BCUT2D eigenvalue weighted by molar-refractivity contribution is -0.137. The van der Waals surface area contributed by atoms with Gasteiger partial charge in [-0.3, -0.25) is 19.5 Å². The minimum atomic E-state index is -4.56. The van der Waals surface area contributed by atoms with Crippen molar-refractivity contribution in [2.24, 2.45) is 0 Å². The van der Waals surface area contributed by atoms with Gasteiger partial charge in [0.25, 0.3) is 5.91 Å². The number of aliphatic hydroxyl groups is 1. The second kappa shape index (κ2) is 12.4. The standard InChI is InChI=1S/C28H35F3N4O4/c1-2-14-39-23-18-35(21-9-11-27(38,12-10-21)24-8-3-4-13-32-24)17-22(23)34-25(36)16-33-26(37)19-6-5-7-20(15-19)28(29,30)31/h3-8,13,15,21-23,38H,2,9-12,14,16-18H2,1H3,(H,33,37)(H,34,36)/t21?,22-,23-,27?/m0/s1. The zero-order valence-electron chi connectivity index (χ0n) is 21.9. The van der Waals surface area contributed by atoms with Crippen molar-refractivity contribution >= 4 is 11.8 Å². The van der Waals surface area contributed by atoms with E-state index in [1.165, 1.54) is 6.07 Å². The van der Waals surface area contributed by atoms with E-state index in [9.17, 15) is 27.9 Å². The Kier molecular flexibility index (Phi) is 9.24. The number of ether oxygens (including phenoxy) is 1. The van der Waals surface area contributed by atoms with Crippen molar-refractivity contribution in [3.8, 4) is 0 Å². The van der Waals surface area contributed by atoms with Gasteiger partial charge in [-0.05, 0) is 62.4 Å². The Hall–Kier alpha value is -3.02. The van der Waals surface area contributed by atoms with E-state index in [1.807, 2.05) is 25.1 Å². The fourth-order valence-electron chi connectivity index (χ4n) is 5.37. The van der Waals surface area contributed by atoms with E-state index >= 15 is 0 Å². The molecule has 2 aromatic rings. The molecule has 1 saturated heterocycles. The first kappa shape index (κ1) is 29.0. The maximum Gasteiger partial charge on any atom is 0.416 e. The molecule has 4 rings (SSSR count). The molecular weight excluding hydrogens is 513 g/mol. The van der Waals surface area contributed by atoms with Crippen LogP contribution in [-0.2, 0) is 21.3 Å². The molecule has 0 spiro atoms. The van der Waals surface area contributed by atoms with Crippen LogP contribution in [-0.4, -0.2) is 71.2 Å². The molecule has 1 aliphatic heterocycles. The molecule has 8 nitrogen and oxygen atoms in total. The summed E-state index contributed by atoms with van der Waals surface area (Å²) in [5.41, 5.74) is -1.35. The third-order valence-corrected chi connectivity index (χ3v) is 7.48. The number of pyridine rings is 1. The highest BCUT2D eigenvalue weighted by Crippen LogP contribution is 2.38. The van der Waals surface area contributed by atoms with E-state index in [0.29, 0.717) is 38.2 Å². The van der Waals surface area contributed by atoms with Gasteiger partial charge in [-0.2, -0.15) is 13.2 Å². The Morgan fingerprint density at radius 2 is 1.92 bits per heavy atom. The average Bonchev–Trinajstić information content (AvgIpc) is 3.33. The smallest absolute Gasteiger partial charge is 0.384 e. The molecule has 2 aliphatic rings. The summed E-state index contributed by atoms with van der Waals surface area (Å²) in [7, 11) is 0. The number of aromatic nitrogens is 1. The number of nitrogens with zero attached hydrogens (tertiary/aromatic N) is 2. The number of halogens is 3. The molecule has 0 bridgehead atoms. The van der Waals surface area contributed by atoms with Gasteiger partial charge in [-0.1, -0.05) is 19.1 Å². The summed E-state index contributed by atoms with van der Waals surface area (Å²) in [6, 6.07) is 9.54. The van der Waals surface area contributed by atoms with E-state index in [2.05, 4.69) is 20.5 Å². The van der Waals surface area contributed by atoms with Crippen LogP contribution >= 0.6 is 0 Å². The van der Waals surface area contributed by atoms with Crippen molar-refractivity contribution in [2.75, 3.05) is 26.2 Å². The number of rotatable bonds is 9. The second-order valence-corrected chi connectivity index (χ2v) is 10.3. The summed E-state index contributed by atoms with van der Waals surface area (Å²) < 4.78 is 44.9. The van der Waals surface area contributed by atoms with Crippen LogP contribution in [0.4, 0.5) is 13.2 Å². The Morgan fingerprint density at radius 3 is 2.59 bits per heavy atom. The monoisotopic (exact) mass is 548 g/mol. The van der Waals surface area contributed by atoms with Gasteiger partial charge in [0.1, 0.15) is 5.60 Å². The third kappa shape index (κ3) is 7.34. The first-order chi connectivity index (χ1) is 18.6. The number of benzene rings is 1. The normalized spacial score (nSPS) is 25.8. The molecule has 1 aromatic heterocycles. The van der Waals surface area contributed by atoms with E-state index < -0.39 is 29.2 Å². The maximum atomic E-state index is 13.0. The SMILES string of the molecule is CCCO[C@H]1CN(C2CCC(O)(c3ccccn3)CC2)C[C@@H]1NC(=O)CNC(=O)c1cccc(C(F)(F)F)c1. The third-order valence-electron chi connectivity index (χ3n) is 7.48. The minimum absolute atomic E-state index is 0.170. The lowest BCUT2D eigenvalue weighted by Gasteiger charge is -2.39. The molecule has 39 heavy (non-hydrogen) atoms. The largest absolute Gasteiger partial charge is 0.416 e. The Morgan fingerprint density at radius 1 is 1.15 bits per heavy atom. The molecule has 0 radical (unpaired) electrons. The Labute approximate surface area is 225 Å². The zero-order valence-corrected chi connectivity index (χ0v) is 21.9. The molecule has 212 valence electrons. The maximum absolute atomic E-state index is 13.0. The second-order valence-electron chi connectivity index (χ2n) is 10.3. The molecule has 1 saturated carbocycles. The quantitative estimate of drug-likeness (QED) is 0.445. The van der Waals surface area contributed by atoms with Gasteiger partial charge in [0.2, 0.25) is 5.91 Å². The van der Waals surface area contributed by atoms with Gasteiger partial charge < -0.3 is 20.5 Å². The fraction of sp³-hybridized carbons (Fsp3) is 0.536. The first-order valence-corrected chi connectivity index (χ1v) is 13.3. The van der Waals surface area contributed by atoms with Crippen LogP contribution in [0.5, 0.6) is 0 Å². The molecule has 2 atom stereocenters. The summed E-state index contributed by atoms with van der Waals surface area (Å²) in [5.74, 6) is -1.20. The Balaban J connectivity index is 1.31. The number of carbonyl (C=O) groups is 2. The fourth-order valence-corrected chi connectivity index (χ4v) is 5.37. The van der Waals surface area contributed by atoms with Crippen LogP contribution in [0.2, 0.25) is 0 Å². The predicted octanol–water partition coefficient (Wildman–Crippen LogP) is 3.26. The van der Waals surface area contributed by atoms with Crippen molar-refractivity contribution < 1.29 is 32.6 Å². The number of nitrogens with one attached hydrogen (secondary N) is 2. The molecule has 11 heteroatoms. The molecule has 1 aliphatic carbocycles. The number of carbonyl (C=O) groups excluding carboxylic acids is 2. The van der Waals surface area contributed by atoms with Crippen LogP contribution in [0.15, 0.2) is 48.7 Å². The Bertz CT molecular complexity index is 1120. The number of hydrogen-bond acceptors (Lipinski definition) is 6. The van der Waals surface area contributed by atoms with Gasteiger partial charge >= 0.3 is 6.18 Å². The number of alkyl halides is 3. The molecule has 2 fully saturated rings. The van der Waals surface area contributed by atoms with E-state index in [1.54, 1.807) is 6.20 Å². The predicted molar refractivity (Wildman–Crippen MR) is 138 cm³/mol. The van der Waals surface area contributed by atoms with Crippen molar-refractivity contribution in [1.82, 2.24) is 20.5 Å². The molecule has 1 aromatic carbocycles. The van der Waals surface area contributed by atoms with Crippen molar-refractivity contribution in [3.05, 3.63) is 65.5 Å². The van der Waals surface area contributed by atoms with E-state index in [-0.39, 0.29) is 30.3 Å². The summed E-state index contributed by atoms with van der Waals surface area (Å²) in [6.45, 7) is 3.37. The van der Waals surface area contributed by atoms with Crippen LogP contribution in [0, 0.1) is 0 Å². The number of amides is 2. The highest BCUT2D eigenvalue weighted by molar-refractivity contribution is 5.96. The molecule has 0 unspecified atom stereocenters.